The smallest absolute Gasteiger partial charge is 0.405 e. The summed E-state index contributed by atoms with van der Waals surface area (Å²) in [5, 5.41) is 10.4. The monoisotopic (exact) mass is 251 g/mol. The van der Waals surface area contributed by atoms with E-state index in [0.717, 1.165) is 0 Å². The Morgan fingerprint density at radius 1 is 1.59 bits per heavy atom. The highest BCUT2D eigenvalue weighted by Gasteiger charge is 2.33. The third kappa shape index (κ3) is 3.28. The van der Waals surface area contributed by atoms with Gasteiger partial charge in [0.1, 0.15) is 5.75 Å². The van der Waals surface area contributed by atoms with E-state index in [1.165, 1.54) is 6.92 Å². The lowest BCUT2D eigenvalue weighted by atomic mass is 10.2. The van der Waals surface area contributed by atoms with Crippen molar-refractivity contribution in [2.24, 2.45) is 5.73 Å². The van der Waals surface area contributed by atoms with Crippen molar-refractivity contribution in [3.8, 4) is 5.75 Å². The quantitative estimate of drug-likeness (QED) is 0.651. The second kappa shape index (κ2) is 4.53. The Hall–Kier alpha value is -1.90. The van der Waals surface area contributed by atoms with Crippen LogP contribution in [0.3, 0.4) is 0 Å². The predicted molar refractivity (Wildman–Crippen MR) is 50.2 cm³/mol. The van der Waals surface area contributed by atoms with Crippen molar-refractivity contribution in [1.82, 2.24) is 4.98 Å². The van der Waals surface area contributed by atoms with Gasteiger partial charge in [-0.2, -0.15) is 0 Å². The van der Waals surface area contributed by atoms with Crippen LogP contribution in [0.25, 0.3) is 0 Å². The Morgan fingerprint density at radius 2 is 2.18 bits per heavy atom. The average Bonchev–Trinajstić information content (AvgIpc) is 2.14. The molecule has 1 aromatic rings. The molecule has 0 spiro atoms. The number of alkyl halides is 3. The van der Waals surface area contributed by atoms with Crippen LogP contribution in [0.2, 0.25) is 0 Å². The lowest BCUT2D eigenvalue weighted by Gasteiger charge is -2.12. The van der Waals surface area contributed by atoms with E-state index in [9.17, 15) is 23.3 Å². The molecule has 0 saturated carbocycles. The Labute approximate surface area is 93.3 Å². The number of rotatable bonds is 3. The van der Waals surface area contributed by atoms with E-state index in [1.54, 1.807) is 0 Å². The third-order valence-corrected chi connectivity index (χ3v) is 1.89. The molecule has 94 valence electrons. The van der Waals surface area contributed by atoms with Crippen molar-refractivity contribution < 1.29 is 22.8 Å². The van der Waals surface area contributed by atoms with Crippen LogP contribution in [-0.4, -0.2) is 16.3 Å². The minimum absolute atomic E-state index is 0.0204. The lowest BCUT2D eigenvalue weighted by molar-refractivity contribution is -0.389. The zero-order chi connectivity index (χ0) is 13.2. The standard InChI is InChI=1S/C8H8F3N3O3/c1-4-5(3-12)6(17-8(9,10)11)2-7(13-4)14(15)16/h2H,3,12H2,1H3. The Bertz CT molecular complexity index is 448. The average molecular weight is 251 g/mol. The lowest BCUT2D eigenvalue weighted by Crippen LogP contribution is -2.19. The number of ether oxygens (including phenoxy) is 1. The Morgan fingerprint density at radius 3 is 2.59 bits per heavy atom. The van der Waals surface area contributed by atoms with Crippen LogP contribution < -0.4 is 10.5 Å². The molecule has 0 radical (unpaired) electrons. The molecule has 0 saturated heterocycles. The molecule has 0 aliphatic carbocycles. The summed E-state index contributed by atoms with van der Waals surface area (Å²) in [5.74, 6) is -1.42. The van der Waals surface area contributed by atoms with Crippen molar-refractivity contribution in [1.29, 1.82) is 0 Å². The highest BCUT2D eigenvalue weighted by Crippen LogP contribution is 2.30. The zero-order valence-electron chi connectivity index (χ0n) is 8.61. The van der Waals surface area contributed by atoms with Crippen LogP contribution in [0, 0.1) is 17.0 Å². The topological polar surface area (TPSA) is 91.3 Å². The van der Waals surface area contributed by atoms with E-state index in [-0.39, 0.29) is 17.8 Å². The fourth-order valence-corrected chi connectivity index (χ4v) is 1.21. The van der Waals surface area contributed by atoms with Gasteiger partial charge in [0.25, 0.3) is 0 Å². The summed E-state index contributed by atoms with van der Waals surface area (Å²) in [6, 6.07) is 0.600. The molecule has 0 aromatic carbocycles. The summed E-state index contributed by atoms with van der Waals surface area (Å²) in [6.07, 6.45) is -4.94. The summed E-state index contributed by atoms with van der Waals surface area (Å²) in [6.45, 7) is 1.06. The number of nitrogens with two attached hydrogens (primary N) is 1. The Balaban J connectivity index is 3.29. The number of hydrogen-bond donors (Lipinski definition) is 1. The third-order valence-electron chi connectivity index (χ3n) is 1.89. The van der Waals surface area contributed by atoms with Crippen molar-refractivity contribution in [2.45, 2.75) is 19.8 Å². The first-order valence-corrected chi connectivity index (χ1v) is 4.35. The first-order chi connectivity index (χ1) is 7.74. The molecular formula is C8H8F3N3O3. The molecule has 0 atom stereocenters. The number of aromatic nitrogens is 1. The molecule has 0 aliphatic rings. The minimum Gasteiger partial charge on any atom is -0.405 e. The van der Waals surface area contributed by atoms with Crippen LogP contribution in [0.5, 0.6) is 5.75 Å². The van der Waals surface area contributed by atoms with Crippen molar-refractivity contribution in [3.63, 3.8) is 0 Å². The first-order valence-electron chi connectivity index (χ1n) is 4.35. The van der Waals surface area contributed by atoms with Gasteiger partial charge in [-0.25, -0.2) is 0 Å². The van der Waals surface area contributed by atoms with Crippen molar-refractivity contribution in [3.05, 3.63) is 27.4 Å². The van der Waals surface area contributed by atoms with Gasteiger partial charge < -0.3 is 20.6 Å². The van der Waals surface area contributed by atoms with Gasteiger partial charge in [0.15, 0.2) is 5.69 Å². The highest BCUT2D eigenvalue weighted by atomic mass is 19.4. The van der Waals surface area contributed by atoms with E-state index in [1.807, 2.05) is 0 Å². The fourth-order valence-electron chi connectivity index (χ4n) is 1.21. The summed E-state index contributed by atoms with van der Waals surface area (Å²) in [7, 11) is 0. The minimum atomic E-state index is -4.94. The van der Waals surface area contributed by atoms with Gasteiger partial charge in [-0.15, -0.1) is 13.2 Å². The number of halogens is 3. The molecule has 1 rings (SSSR count). The van der Waals surface area contributed by atoms with Gasteiger partial charge in [0.2, 0.25) is 0 Å². The van der Waals surface area contributed by atoms with E-state index < -0.39 is 22.9 Å². The molecule has 0 bridgehead atoms. The van der Waals surface area contributed by atoms with E-state index in [0.29, 0.717) is 6.07 Å². The fraction of sp³-hybridized carbons (Fsp3) is 0.375. The largest absolute Gasteiger partial charge is 0.573 e. The van der Waals surface area contributed by atoms with Crippen LogP contribution in [0.15, 0.2) is 6.07 Å². The highest BCUT2D eigenvalue weighted by molar-refractivity contribution is 5.42. The van der Waals surface area contributed by atoms with Gasteiger partial charge >= 0.3 is 12.2 Å². The summed E-state index contributed by atoms with van der Waals surface area (Å²) in [4.78, 5) is 13.0. The Kier molecular flexibility index (Phi) is 3.51. The van der Waals surface area contributed by atoms with Gasteiger partial charge in [-0.3, -0.25) is 0 Å². The summed E-state index contributed by atoms with van der Waals surface area (Å²) >= 11 is 0. The predicted octanol–water partition coefficient (Wildman–Crippen LogP) is 1.66. The van der Waals surface area contributed by atoms with Crippen LogP contribution in [0.1, 0.15) is 11.3 Å². The molecule has 0 unspecified atom stereocenters. The maximum Gasteiger partial charge on any atom is 0.573 e. The number of nitro groups is 1. The molecule has 2 N–H and O–H groups in total. The van der Waals surface area contributed by atoms with Crippen LogP contribution >= 0.6 is 0 Å². The maximum atomic E-state index is 12.1. The van der Waals surface area contributed by atoms with Gasteiger partial charge in [-0.05, 0) is 9.91 Å². The molecular weight excluding hydrogens is 243 g/mol. The number of hydrogen-bond acceptors (Lipinski definition) is 5. The van der Waals surface area contributed by atoms with E-state index in [2.05, 4.69) is 9.72 Å². The van der Waals surface area contributed by atoms with Crippen molar-refractivity contribution in [2.75, 3.05) is 0 Å². The van der Waals surface area contributed by atoms with Gasteiger partial charge in [0, 0.05) is 13.5 Å². The molecule has 0 amide bonds. The first kappa shape index (κ1) is 13.2. The number of nitrogens with zero attached hydrogens (tertiary/aromatic N) is 2. The molecule has 0 aliphatic heterocycles. The normalized spacial score (nSPS) is 11.4. The summed E-state index contributed by atoms with van der Waals surface area (Å²) in [5.41, 5.74) is 5.25. The second-order valence-corrected chi connectivity index (χ2v) is 3.05. The molecule has 0 fully saturated rings. The molecule has 9 heteroatoms. The number of aryl methyl sites for hydroxylation is 1. The molecule has 6 nitrogen and oxygen atoms in total. The van der Waals surface area contributed by atoms with Gasteiger partial charge in [-0.1, -0.05) is 0 Å². The molecule has 17 heavy (non-hydrogen) atoms. The SMILES string of the molecule is Cc1nc([N+](=O)[O-])cc(OC(F)(F)F)c1CN. The molecule has 1 heterocycles. The maximum absolute atomic E-state index is 12.1. The van der Waals surface area contributed by atoms with Crippen molar-refractivity contribution >= 4 is 5.82 Å². The zero-order valence-corrected chi connectivity index (χ0v) is 8.61. The molecule has 1 aromatic heterocycles. The van der Waals surface area contributed by atoms with E-state index in [4.69, 9.17) is 5.73 Å². The van der Waals surface area contributed by atoms with E-state index >= 15 is 0 Å². The summed E-state index contributed by atoms with van der Waals surface area (Å²) < 4.78 is 39.9. The second-order valence-electron chi connectivity index (χ2n) is 3.05. The number of pyridine rings is 1. The van der Waals surface area contributed by atoms with Crippen LogP contribution in [0.4, 0.5) is 19.0 Å². The van der Waals surface area contributed by atoms with Gasteiger partial charge in [0.05, 0.1) is 11.6 Å². The van der Waals surface area contributed by atoms with Crippen LogP contribution in [-0.2, 0) is 6.54 Å².